The molecule has 1 aromatic rings. The molecule has 0 saturated carbocycles. The molecule has 0 amide bonds. The molecule has 3 N–H and O–H groups in total. The van der Waals surface area contributed by atoms with E-state index >= 15 is 0 Å². The van der Waals surface area contributed by atoms with Crippen molar-refractivity contribution in [3.05, 3.63) is 35.9 Å². The fraction of sp³-hybridized carbons (Fsp3) is 0.538. The quantitative estimate of drug-likeness (QED) is 0.255. The predicted octanol–water partition coefficient (Wildman–Crippen LogP) is -4.51. The van der Waals surface area contributed by atoms with Crippen molar-refractivity contribution in [2.24, 2.45) is 0 Å². The van der Waals surface area contributed by atoms with Gasteiger partial charge in [-0.15, -0.1) is 0 Å². The maximum atomic E-state index is 10.7. The van der Waals surface area contributed by atoms with Gasteiger partial charge in [0.1, 0.15) is 24.4 Å². The molecular formula is C13H17NaO9S. The average molecular weight is 372 g/mol. The van der Waals surface area contributed by atoms with Crippen LogP contribution >= 0.6 is 0 Å². The van der Waals surface area contributed by atoms with Gasteiger partial charge in [0, 0.05) is 0 Å². The van der Waals surface area contributed by atoms with E-state index in [1.165, 1.54) is 0 Å². The smallest absolute Gasteiger partial charge is 0.726 e. The van der Waals surface area contributed by atoms with E-state index in [0.717, 1.165) is 5.56 Å². The van der Waals surface area contributed by atoms with Crippen molar-refractivity contribution in [2.75, 3.05) is 6.61 Å². The minimum absolute atomic E-state index is 0. The van der Waals surface area contributed by atoms with Crippen LogP contribution in [0.2, 0.25) is 0 Å². The SMILES string of the molecule is O=S(=O)([O-])O[C@H]1[C@H](O)[C@@H](O)[C@H](OCc2ccccc2)O[C@@H]1CO.[Na+]. The molecule has 1 aliphatic heterocycles. The molecule has 0 aliphatic carbocycles. The van der Waals surface area contributed by atoms with Crippen LogP contribution in [0.1, 0.15) is 5.56 Å². The van der Waals surface area contributed by atoms with Crippen molar-refractivity contribution in [3.8, 4) is 0 Å². The van der Waals surface area contributed by atoms with Crippen LogP contribution in [-0.2, 0) is 30.7 Å². The van der Waals surface area contributed by atoms with E-state index in [4.69, 9.17) is 9.47 Å². The second kappa shape index (κ2) is 9.55. The minimum atomic E-state index is -5.15. The molecule has 11 heteroatoms. The van der Waals surface area contributed by atoms with E-state index in [9.17, 15) is 28.3 Å². The zero-order chi connectivity index (χ0) is 17.0. The second-order valence-corrected chi connectivity index (χ2v) is 5.98. The van der Waals surface area contributed by atoms with Crippen molar-refractivity contribution in [1.29, 1.82) is 0 Å². The Morgan fingerprint density at radius 2 is 1.79 bits per heavy atom. The first kappa shape index (κ1) is 21.9. The third kappa shape index (κ3) is 6.00. The maximum Gasteiger partial charge on any atom is 1.00 e. The van der Waals surface area contributed by atoms with Gasteiger partial charge < -0.3 is 29.3 Å². The molecule has 0 unspecified atom stereocenters. The zero-order valence-electron chi connectivity index (χ0n) is 12.9. The van der Waals surface area contributed by atoms with Crippen LogP contribution in [-0.4, -0.2) is 65.6 Å². The van der Waals surface area contributed by atoms with Gasteiger partial charge in [-0.3, -0.25) is 4.18 Å². The number of rotatable bonds is 6. The molecule has 0 spiro atoms. The molecular weight excluding hydrogens is 355 g/mol. The summed E-state index contributed by atoms with van der Waals surface area (Å²) < 4.78 is 46.7. The molecule has 9 nitrogen and oxygen atoms in total. The fourth-order valence-corrected chi connectivity index (χ4v) is 2.71. The Morgan fingerprint density at radius 1 is 1.17 bits per heavy atom. The summed E-state index contributed by atoms with van der Waals surface area (Å²) >= 11 is 0. The number of benzene rings is 1. The predicted molar refractivity (Wildman–Crippen MR) is 73.6 cm³/mol. The molecule has 0 bridgehead atoms. The molecule has 0 aromatic heterocycles. The summed E-state index contributed by atoms with van der Waals surface area (Å²) in [6.45, 7) is -0.687. The van der Waals surface area contributed by atoms with E-state index in [-0.39, 0.29) is 36.2 Å². The van der Waals surface area contributed by atoms with Gasteiger partial charge in [-0.25, -0.2) is 8.42 Å². The zero-order valence-corrected chi connectivity index (χ0v) is 15.7. The third-order valence-corrected chi connectivity index (χ3v) is 3.76. The number of hydrogen-bond acceptors (Lipinski definition) is 9. The molecule has 1 saturated heterocycles. The summed E-state index contributed by atoms with van der Waals surface area (Å²) in [6, 6.07) is 8.92. The van der Waals surface area contributed by atoms with E-state index in [1.807, 2.05) is 6.07 Å². The summed E-state index contributed by atoms with van der Waals surface area (Å²) in [5, 5.41) is 29.1. The van der Waals surface area contributed by atoms with Crippen LogP contribution in [0.5, 0.6) is 0 Å². The van der Waals surface area contributed by atoms with Crippen molar-refractivity contribution in [1.82, 2.24) is 0 Å². The van der Waals surface area contributed by atoms with E-state index in [0.29, 0.717) is 0 Å². The van der Waals surface area contributed by atoms with Gasteiger partial charge in [-0.05, 0) is 5.56 Å². The Labute approximate surface area is 161 Å². The summed E-state index contributed by atoms with van der Waals surface area (Å²) in [5.74, 6) is 0. The van der Waals surface area contributed by atoms with Gasteiger partial charge in [0.05, 0.1) is 13.2 Å². The van der Waals surface area contributed by atoms with Crippen molar-refractivity contribution >= 4 is 10.4 Å². The van der Waals surface area contributed by atoms with Crippen molar-refractivity contribution in [2.45, 2.75) is 37.3 Å². The molecule has 5 atom stereocenters. The minimum Gasteiger partial charge on any atom is -0.726 e. The summed E-state index contributed by atoms with van der Waals surface area (Å²) in [5.41, 5.74) is 0.777. The summed E-state index contributed by atoms with van der Waals surface area (Å²) in [4.78, 5) is 0. The van der Waals surface area contributed by atoms with Crippen LogP contribution in [0.3, 0.4) is 0 Å². The molecule has 1 aromatic carbocycles. The first-order valence-corrected chi connectivity index (χ1v) is 8.07. The Kier molecular flexibility index (Phi) is 8.73. The van der Waals surface area contributed by atoms with E-state index < -0.39 is 47.7 Å². The van der Waals surface area contributed by atoms with Crippen LogP contribution in [0.25, 0.3) is 0 Å². The summed E-state index contributed by atoms with van der Waals surface area (Å²) in [7, 11) is -5.15. The van der Waals surface area contributed by atoms with Gasteiger partial charge >= 0.3 is 29.6 Å². The first-order chi connectivity index (χ1) is 10.8. The van der Waals surface area contributed by atoms with Crippen LogP contribution in [0, 0.1) is 0 Å². The molecule has 24 heavy (non-hydrogen) atoms. The van der Waals surface area contributed by atoms with Gasteiger partial charge in [-0.1, -0.05) is 30.3 Å². The normalized spacial score (nSPS) is 30.6. The fourth-order valence-electron chi connectivity index (χ4n) is 2.20. The van der Waals surface area contributed by atoms with Gasteiger partial charge in [0.25, 0.3) is 0 Å². The van der Waals surface area contributed by atoms with E-state index in [2.05, 4.69) is 4.18 Å². The number of aliphatic hydroxyl groups is 3. The standard InChI is InChI=1S/C13H18O9S.Na/c14-6-9-12(22-23(17,18)19)10(15)11(16)13(21-9)20-7-8-4-2-1-3-5-8;/h1-5,9-16H,6-7H2,(H,17,18,19);/q;+1/p-1/t9-,10-,11-,12-,13-;/m1./s1. The first-order valence-electron chi connectivity index (χ1n) is 6.74. The number of ether oxygens (including phenoxy) is 2. The third-order valence-electron chi connectivity index (χ3n) is 3.31. The Hall–Kier alpha value is -0.110. The van der Waals surface area contributed by atoms with Crippen LogP contribution < -0.4 is 29.6 Å². The topological polar surface area (TPSA) is 146 Å². The maximum absolute atomic E-state index is 10.7. The largest absolute Gasteiger partial charge is 1.00 e. The van der Waals surface area contributed by atoms with Gasteiger partial charge in [0.15, 0.2) is 6.29 Å². The van der Waals surface area contributed by atoms with Gasteiger partial charge in [-0.2, -0.15) is 0 Å². The van der Waals surface area contributed by atoms with E-state index in [1.54, 1.807) is 24.3 Å². The number of hydrogen-bond donors (Lipinski definition) is 3. The van der Waals surface area contributed by atoms with Crippen molar-refractivity contribution < 1.29 is 71.5 Å². The van der Waals surface area contributed by atoms with Crippen LogP contribution in [0.15, 0.2) is 30.3 Å². The van der Waals surface area contributed by atoms with Crippen molar-refractivity contribution in [3.63, 3.8) is 0 Å². The second-order valence-electron chi connectivity index (χ2n) is 4.97. The number of aliphatic hydroxyl groups excluding tert-OH is 3. The molecule has 1 fully saturated rings. The van der Waals surface area contributed by atoms with Crippen LogP contribution in [0.4, 0.5) is 0 Å². The monoisotopic (exact) mass is 372 g/mol. The Balaban J connectivity index is 0.00000288. The molecule has 130 valence electrons. The van der Waals surface area contributed by atoms with Gasteiger partial charge in [0.2, 0.25) is 10.4 Å². The average Bonchev–Trinajstić information content (AvgIpc) is 2.51. The molecule has 1 aliphatic rings. The Bertz CT molecular complexity index is 595. The molecule has 1 heterocycles. The summed E-state index contributed by atoms with van der Waals surface area (Å²) in [6.07, 6.45) is -7.85. The molecule has 2 rings (SSSR count). The Morgan fingerprint density at radius 3 is 2.33 bits per heavy atom. The molecule has 0 radical (unpaired) electrons.